The third-order valence-corrected chi connectivity index (χ3v) is 3.53. The molecule has 0 radical (unpaired) electrons. The number of esters is 1. The van der Waals surface area contributed by atoms with Gasteiger partial charge in [-0.05, 0) is 19.1 Å². The SMILES string of the molecule is COC(=O)C1CC(=O)N(c2ccc(C(C)=O)cc2[N+](=O)[O-])C1. The molecule has 1 heterocycles. The number of ether oxygens (including phenoxy) is 1. The number of benzene rings is 1. The van der Waals surface area contributed by atoms with Gasteiger partial charge in [0.25, 0.3) is 5.69 Å². The summed E-state index contributed by atoms with van der Waals surface area (Å²) < 4.78 is 4.60. The maximum atomic E-state index is 12.0. The normalized spacial score (nSPS) is 17.5. The highest BCUT2D eigenvalue weighted by atomic mass is 16.6. The third kappa shape index (κ3) is 2.80. The van der Waals surface area contributed by atoms with Crippen molar-refractivity contribution in [1.29, 1.82) is 0 Å². The van der Waals surface area contributed by atoms with Crippen LogP contribution in [0.2, 0.25) is 0 Å². The molecule has 0 saturated carbocycles. The Bertz CT molecular complexity index is 669. The van der Waals surface area contributed by atoms with E-state index in [0.717, 1.165) is 6.07 Å². The fraction of sp³-hybridized carbons (Fsp3) is 0.357. The van der Waals surface area contributed by atoms with Gasteiger partial charge in [0.05, 0.1) is 18.0 Å². The Kier molecular flexibility index (Phi) is 4.20. The molecule has 0 aromatic heterocycles. The first-order valence-corrected chi connectivity index (χ1v) is 6.52. The van der Waals surface area contributed by atoms with Gasteiger partial charge in [0.2, 0.25) is 5.91 Å². The second-order valence-electron chi connectivity index (χ2n) is 4.95. The van der Waals surface area contributed by atoms with E-state index in [9.17, 15) is 24.5 Å². The average Bonchev–Trinajstić information content (AvgIpc) is 2.87. The Morgan fingerprint density at radius 2 is 2.09 bits per heavy atom. The van der Waals surface area contributed by atoms with Gasteiger partial charge >= 0.3 is 5.97 Å². The van der Waals surface area contributed by atoms with Gasteiger partial charge in [-0.15, -0.1) is 0 Å². The minimum atomic E-state index is -0.652. The van der Waals surface area contributed by atoms with E-state index in [1.54, 1.807) is 0 Å². The molecule has 0 N–H and O–H groups in total. The molecule has 1 aromatic rings. The molecule has 22 heavy (non-hydrogen) atoms. The third-order valence-electron chi connectivity index (χ3n) is 3.53. The number of hydrogen-bond acceptors (Lipinski definition) is 6. The van der Waals surface area contributed by atoms with Crippen molar-refractivity contribution >= 4 is 29.0 Å². The molecule has 0 bridgehead atoms. The van der Waals surface area contributed by atoms with Crippen LogP contribution < -0.4 is 4.90 Å². The monoisotopic (exact) mass is 306 g/mol. The van der Waals surface area contributed by atoms with Crippen LogP contribution in [0.25, 0.3) is 0 Å². The summed E-state index contributed by atoms with van der Waals surface area (Å²) in [5.74, 6) is -1.88. The second-order valence-corrected chi connectivity index (χ2v) is 4.95. The average molecular weight is 306 g/mol. The van der Waals surface area contributed by atoms with E-state index in [2.05, 4.69) is 4.74 Å². The Morgan fingerprint density at radius 3 is 2.64 bits per heavy atom. The van der Waals surface area contributed by atoms with Gasteiger partial charge in [-0.3, -0.25) is 24.5 Å². The van der Waals surface area contributed by atoms with Crippen molar-refractivity contribution in [3.8, 4) is 0 Å². The van der Waals surface area contributed by atoms with E-state index in [0.29, 0.717) is 0 Å². The Labute approximate surface area is 125 Å². The lowest BCUT2D eigenvalue weighted by Crippen LogP contribution is -2.27. The van der Waals surface area contributed by atoms with Crippen molar-refractivity contribution in [2.24, 2.45) is 5.92 Å². The maximum absolute atomic E-state index is 12.0. The van der Waals surface area contributed by atoms with Crippen LogP contribution in [-0.4, -0.2) is 36.2 Å². The number of carbonyl (C=O) groups is 3. The highest BCUT2D eigenvalue weighted by Gasteiger charge is 2.38. The minimum absolute atomic E-state index is 0.0196. The number of hydrogen-bond donors (Lipinski definition) is 0. The van der Waals surface area contributed by atoms with E-state index in [1.807, 2.05) is 0 Å². The van der Waals surface area contributed by atoms with Crippen LogP contribution in [-0.2, 0) is 14.3 Å². The van der Waals surface area contributed by atoms with Gasteiger partial charge < -0.3 is 9.64 Å². The summed E-state index contributed by atoms with van der Waals surface area (Å²) in [6.45, 7) is 1.32. The molecule has 1 amide bonds. The van der Waals surface area contributed by atoms with Crippen molar-refractivity contribution in [2.45, 2.75) is 13.3 Å². The van der Waals surface area contributed by atoms with Crippen LogP contribution in [0.5, 0.6) is 0 Å². The zero-order valence-electron chi connectivity index (χ0n) is 12.1. The number of nitrogens with zero attached hydrogens (tertiary/aromatic N) is 2. The molecule has 1 atom stereocenters. The highest BCUT2D eigenvalue weighted by molar-refractivity contribution is 6.02. The number of nitro benzene ring substituents is 1. The Balaban J connectivity index is 2.40. The molecule has 0 spiro atoms. The summed E-state index contributed by atoms with van der Waals surface area (Å²) in [6, 6.07) is 3.91. The number of anilines is 1. The van der Waals surface area contributed by atoms with Crippen molar-refractivity contribution < 1.29 is 24.0 Å². The fourth-order valence-corrected chi connectivity index (χ4v) is 2.38. The summed E-state index contributed by atoms with van der Waals surface area (Å²) in [5, 5.41) is 11.2. The summed E-state index contributed by atoms with van der Waals surface area (Å²) >= 11 is 0. The second kappa shape index (κ2) is 5.92. The Morgan fingerprint density at radius 1 is 1.41 bits per heavy atom. The van der Waals surface area contributed by atoms with Gasteiger partial charge in [0.1, 0.15) is 5.69 Å². The molecular weight excluding hydrogens is 292 g/mol. The molecule has 1 unspecified atom stereocenters. The van der Waals surface area contributed by atoms with Gasteiger partial charge in [-0.25, -0.2) is 0 Å². The predicted molar refractivity (Wildman–Crippen MR) is 75.6 cm³/mol. The molecule has 0 aliphatic carbocycles. The number of carbonyl (C=O) groups excluding carboxylic acids is 3. The van der Waals surface area contributed by atoms with Crippen LogP contribution in [0.1, 0.15) is 23.7 Å². The first kappa shape index (κ1) is 15.6. The summed E-state index contributed by atoms with van der Waals surface area (Å²) in [7, 11) is 1.22. The number of methoxy groups -OCH3 is 1. The predicted octanol–water partition coefficient (Wildman–Crippen LogP) is 1.32. The first-order valence-electron chi connectivity index (χ1n) is 6.52. The number of Topliss-reactive ketones (excluding diaryl/α,β-unsaturated/α-hetero) is 1. The molecule has 1 aliphatic rings. The topological polar surface area (TPSA) is 107 Å². The van der Waals surface area contributed by atoms with Crippen molar-refractivity contribution in [1.82, 2.24) is 0 Å². The van der Waals surface area contributed by atoms with Gasteiger partial charge in [0, 0.05) is 24.6 Å². The van der Waals surface area contributed by atoms with E-state index >= 15 is 0 Å². The first-order chi connectivity index (χ1) is 10.3. The van der Waals surface area contributed by atoms with Crippen LogP contribution in [0.15, 0.2) is 18.2 Å². The van der Waals surface area contributed by atoms with Gasteiger partial charge in [-0.2, -0.15) is 0 Å². The zero-order valence-corrected chi connectivity index (χ0v) is 12.1. The smallest absolute Gasteiger partial charge is 0.311 e. The standard InChI is InChI=1S/C14H14N2O6/c1-8(17)9-3-4-11(12(5-9)16(20)21)15-7-10(6-13(15)18)14(19)22-2/h3-5,10H,6-7H2,1-2H3. The lowest BCUT2D eigenvalue weighted by atomic mass is 10.1. The Hall–Kier alpha value is -2.77. The van der Waals surface area contributed by atoms with E-state index in [1.165, 1.54) is 31.1 Å². The van der Waals surface area contributed by atoms with E-state index in [-0.39, 0.29) is 35.7 Å². The molecule has 1 aromatic carbocycles. The van der Waals surface area contributed by atoms with Crippen LogP contribution in [0.4, 0.5) is 11.4 Å². The fourth-order valence-electron chi connectivity index (χ4n) is 2.38. The number of nitro groups is 1. The lowest BCUT2D eigenvalue weighted by Gasteiger charge is -2.16. The molecule has 2 rings (SSSR count). The summed E-state index contributed by atoms with van der Waals surface area (Å²) in [6.07, 6.45) is -0.0573. The van der Waals surface area contributed by atoms with Gasteiger partial charge in [0.15, 0.2) is 5.78 Å². The molecule has 8 heteroatoms. The molecule has 1 saturated heterocycles. The molecule has 8 nitrogen and oxygen atoms in total. The highest BCUT2D eigenvalue weighted by Crippen LogP contribution is 2.34. The summed E-state index contributed by atoms with van der Waals surface area (Å²) in [5.41, 5.74) is -0.0791. The zero-order chi connectivity index (χ0) is 16.4. The maximum Gasteiger partial charge on any atom is 0.311 e. The van der Waals surface area contributed by atoms with Crippen molar-refractivity contribution in [2.75, 3.05) is 18.6 Å². The van der Waals surface area contributed by atoms with Crippen LogP contribution >= 0.6 is 0 Å². The largest absolute Gasteiger partial charge is 0.469 e. The summed E-state index contributed by atoms with van der Waals surface area (Å²) in [4.78, 5) is 46.6. The molecular formula is C14H14N2O6. The van der Waals surface area contributed by atoms with Gasteiger partial charge in [-0.1, -0.05) is 0 Å². The van der Waals surface area contributed by atoms with E-state index < -0.39 is 22.7 Å². The number of amides is 1. The molecule has 1 aliphatic heterocycles. The quantitative estimate of drug-likeness (QED) is 0.359. The van der Waals surface area contributed by atoms with Crippen molar-refractivity contribution in [3.63, 3.8) is 0 Å². The van der Waals surface area contributed by atoms with Crippen LogP contribution in [0.3, 0.4) is 0 Å². The van der Waals surface area contributed by atoms with E-state index in [4.69, 9.17) is 0 Å². The minimum Gasteiger partial charge on any atom is -0.469 e. The number of ketones is 1. The number of rotatable bonds is 4. The van der Waals surface area contributed by atoms with Crippen molar-refractivity contribution in [3.05, 3.63) is 33.9 Å². The van der Waals surface area contributed by atoms with Crippen LogP contribution in [0, 0.1) is 16.0 Å². The molecule has 116 valence electrons. The molecule has 1 fully saturated rings. The lowest BCUT2D eigenvalue weighted by molar-refractivity contribution is -0.384.